The smallest absolute Gasteiger partial charge is 0.310 e. The predicted octanol–water partition coefficient (Wildman–Crippen LogP) is 1.56. The zero-order valence-corrected chi connectivity index (χ0v) is 12.6. The maximum atomic E-state index is 11.8. The molecule has 1 heterocycles. The summed E-state index contributed by atoms with van der Waals surface area (Å²) in [5, 5.41) is 11.6. The summed E-state index contributed by atoms with van der Waals surface area (Å²) in [5.41, 5.74) is 1.29. The second-order valence-electron chi connectivity index (χ2n) is 4.72. The monoisotopic (exact) mass is 316 g/mol. The normalized spacial score (nSPS) is 10.1. The Labute approximate surface area is 132 Å². The van der Waals surface area contributed by atoms with Crippen molar-refractivity contribution < 1.29 is 23.5 Å². The van der Waals surface area contributed by atoms with Crippen molar-refractivity contribution in [3.8, 4) is 11.8 Å². The Balaban J connectivity index is 1.88. The van der Waals surface area contributed by atoms with Gasteiger partial charge >= 0.3 is 5.97 Å². The molecule has 0 aliphatic heterocycles. The number of carbonyl (C=O) groups is 2. The molecule has 2 rings (SSSR count). The van der Waals surface area contributed by atoms with E-state index in [-0.39, 0.29) is 26.0 Å². The van der Waals surface area contributed by atoms with Crippen molar-refractivity contribution in [1.29, 1.82) is 5.26 Å². The first-order chi connectivity index (χ1) is 11.1. The summed E-state index contributed by atoms with van der Waals surface area (Å²) in [6, 6.07) is 7.20. The molecule has 0 bridgehead atoms. The lowest BCUT2D eigenvalue weighted by Crippen LogP contribution is -2.29. The maximum absolute atomic E-state index is 11.8. The average molecular weight is 316 g/mol. The lowest BCUT2D eigenvalue weighted by Gasteiger charge is -2.04. The summed E-state index contributed by atoms with van der Waals surface area (Å²) in [7, 11) is 1.56. The summed E-state index contributed by atoms with van der Waals surface area (Å²) in [6.07, 6.45) is 1.70. The van der Waals surface area contributed by atoms with Crippen LogP contribution in [0.1, 0.15) is 12.0 Å². The molecule has 23 heavy (non-hydrogen) atoms. The van der Waals surface area contributed by atoms with Crippen LogP contribution in [0, 0.1) is 11.3 Å². The molecule has 1 aromatic carbocycles. The number of ether oxygens (including phenoxy) is 2. The number of fused-ring (bicyclic) bond motifs is 1. The van der Waals surface area contributed by atoms with Crippen molar-refractivity contribution in [2.75, 3.05) is 20.3 Å². The van der Waals surface area contributed by atoms with Gasteiger partial charge in [0, 0.05) is 23.6 Å². The molecule has 0 fully saturated rings. The SMILES string of the molecule is COc1ccc2c(CC(=O)OCC(=O)NCCC#N)coc2c1. The molecule has 0 unspecified atom stereocenters. The van der Waals surface area contributed by atoms with E-state index in [4.69, 9.17) is 19.2 Å². The van der Waals surface area contributed by atoms with E-state index in [0.717, 1.165) is 5.39 Å². The number of carbonyl (C=O) groups excluding carboxylic acids is 2. The third-order valence-electron chi connectivity index (χ3n) is 3.12. The van der Waals surface area contributed by atoms with E-state index in [1.54, 1.807) is 25.3 Å². The number of benzene rings is 1. The van der Waals surface area contributed by atoms with Gasteiger partial charge < -0.3 is 19.2 Å². The summed E-state index contributed by atoms with van der Waals surface area (Å²) in [4.78, 5) is 23.2. The predicted molar refractivity (Wildman–Crippen MR) is 80.7 cm³/mol. The Kier molecular flexibility index (Phi) is 5.58. The van der Waals surface area contributed by atoms with E-state index in [2.05, 4.69) is 5.32 Å². The number of hydrogen-bond acceptors (Lipinski definition) is 6. The number of esters is 1. The summed E-state index contributed by atoms with van der Waals surface area (Å²) < 4.78 is 15.4. The highest BCUT2D eigenvalue weighted by molar-refractivity contribution is 5.87. The van der Waals surface area contributed by atoms with Crippen LogP contribution in [0.25, 0.3) is 11.0 Å². The lowest BCUT2D eigenvalue weighted by molar-refractivity contribution is -0.147. The largest absolute Gasteiger partial charge is 0.497 e. The average Bonchev–Trinajstić information content (AvgIpc) is 2.95. The molecule has 2 aromatic rings. The van der Waals surface area contributed by atoms with Crippen molar-refractivity contribution in [2.24, 2.45) is 0 Å². The number of rotatable bonds is 7. The first kappa shape index (κ1) is 16.4. The van der Waals surface area contributed by atoms with Crippen molar-refractivity contribution in [1.82, 2.24) is 5.32 Å². The Morgan fingerprint density at radius 1 is 1.39 bits per heavy atom. The fourth-order valence-corrected chi connectivity index (χ4v) is 1.99. The Bertz CT molecular complexity index is 744. The van der Waals surface area contributed by atoms with Gasteiger partial charge in [0.05, 0.1) is 32.3 Å². The molecule has 0 atom stereocenters. The number of nitrogens with zero attached hydrogens (tertiary/aromatic N) is 1. The molecule has 7 nitrogen and oxygen atoms in total. The van der Waals surface area contributed by atoms with Crippen molar-refractivity contribution in [3.63, 3.8) is 0 Å². The third-order valence-corrected chi connectivity index (χ3v) is 3.12. The van der Waals surface area contributed by atoms with Crippen LogP contribution in [0.5, 0.6) is 5.75 Å². The van der Waals surface area contributed by atoms with Crippen LogP contribution in [0.4, 0.5) is 0 Å². The minimum atomic E-state index is -0.529. The fourth-order valence-electron chi connectivity index (χ4n) is 1.99. The van der Waals surface area contributed by atoms with Gasteiger partial charge in [0.15, 0.2) is 6.61 Å². The highest BCUT2D eigenvalue weighted by Crippen LogP contribution is 2.25. The molecule has 0 spiro atoms. The minimum Gasteiger partial charge on any atom is -0.497 e. The van der Waals surface area contributed by atoms with E-state index in [9.17, 15) is 9.59 Å². The molecule has 1 aromatic heterocycles. The highest BCUT2D eigenvalue weighted by atomic mass is 16.5. The first-order valence-electron chi connectivity index (χ1n) is 6.97. The molecule has 120 valence electrons. The molecule has 0 radical (unpaired) electrons. The van der Waals surface area contributed by atoms with Crippen LogP contribution < -0.4 is 10.1 Å². The van der Waals surface area contributed by atoms with Crippen molar-refractivity contribution >= 4 is 22.8 Å². The second-order valence-corrected chi connectivity index (χ2v) is 4.72. The molecule has 0 aliphatic rings. The van der Waals surface area contributed by atoms with Gasteiger partial charge in [-0.3, -0.25) is 9.59 Å². The molecule has 1 amide bonds. The van der Waals surface area contributed by atoms with Crippen LogP contribution in [-0.2, 0) is 20.7 Å². The van der Waals surface area contributed by atoms with Crippen LogP contribution in [0.2, 0.25) is 0 Å². The van der Waals surface area contributed by atoms with Gasteiger partial charge in [-0.15, -0.1) is 0 Å². The number of amides is 1. The second kappa shape index (κ2) is 7.84. The Hall–Kier alpha value is -3.01. The quantitative estimate of drug-likeness (QED) is 0.614. The molecule has 7 heteroatoms. The summed E-state index contributed by atoms with van der Waals surface area (Å²) in [5.74, 6) is -0.302. The summed E-state index contributed by atoms with van der Waals surface area (Å²) >= 11 is 0. The number of furan rings is 1. The summed E-state index contributed by atoms with van der Waals surface area (Å²) in [6.45, 7) is -0.130. The molecule has 0 aliphatic carbocycles. The van der Waals surface area contributed by atoms with Gasteiger partial charge in [0.1, 0.15) is 11.3 Å². The van der Waals surface area contributed by atoms with Gasteiger partial charge in [-0.2, -0.15) is 5.26 Å². The van der Waals surface area contributed by atoms with Gasteiger partial charge in [-0.1, -0.05) is 0 Å². The van der Waals surface area contributed by atoms with Crippen LogP contribution in [0.3, 0.4) is 0 Å². The van der Waals surface area contributed by atoms with Gasteiger partial charge in [-0.05, 0) is 12.1 Å². The molecular weight excluding hydrogens is 300 g/mol. The van der Waals surface area contributed by atoms with Crippen molar-refractivity contribution in [2.45, 2.75) is 12.8 Å². The van der Waals surface area contributed by atoms with Gasteiger partial charge in [0.25, 0.3) is 5.91 Å². The van der Waals surface area contributed by atoms with Gasteiger partial charge in [-0.25, -0.2) is 0 Å². The van der Waals surface area contributed by atoms with Crippen LogP contribution in [-0.4, -0.2) is 32.1 Å². The van der Waals surface area contributed by atoms with Crippen LogP contribution >= 0.6 is 0 Å². The first-order valence-corrected chi connectivity index (χ1v) is 6.97. The Morgan fingerprint density at radius 3 is 2.96 bits per heavy atom. The molecule has 0 saturated carbocycles. The Morgan fingerprint density at radius 2 is 2.22 bits per heavy atom. The number of nitriles is 1. The molecular formula is C16H16N2O5. The number of nitrogens with one attached hydrogen (secondary N) is 1. The van der Waals surface area contributed by atoms with Crippen molar-refractivity contribution in [3.05, 3.63) is 30.0 Å². The zero-order chi connectivity index (χ0) is 16.7. The topological polar surface area (TPSA) is 102 Å². The fraction of sp³-hybridized carbons (Fsp3) is 0.312. The molecule has 0 saturated heterocycles. The minimum absolute atomic E-state index is 0.00477. The van der Waals surface area contributed by atoms with E-state index in [1.807, 2.05) is 6.07 Å². The zero-order valence-electron chi connectivity index (χ0n) is 12.6. The highest BCUT2D eigenvalue weighted by Gasteiger charge is 2.13. The standard InChI is InChI=1S/C16H16N2O5/c1-21-12-3-4-13-11(9-22-14(13)8-12)7-16(20)23-10-15(19)18-6-2-5-17/h3-4,8-9H,2,6-7,10H2,1H3,(H,18,19). The van der Waals surface area contributed by atoms with E-state index >= 15 is 0 Å². The van der Waals surface area contributed by atoms with E-state index in [0.29, 0.717) is 16.9 Å². The van der Waals surface area contributed by atoms with Gasteiger partial charge in [0.2, 0.25) is 0 Å². The van der Waals surface area contributed by atoms with E-state index < -0.39 is 11.9 Å². The number of methoxy groups -OCH3 is 1. The maximum Gasteiger partial charge on any atom is 0.310 e. The van der Waals surface area contributed by atoms with E-state index in [1.165, 1.54) is 6.26 Å². The number of hydrogen-bond donors (Lipinski definition) is 1. The lowest BCUT2D eigenvalue weighted by atomic mass is 10.1. The molecule has 1 N–H and O–H groups in total. The van der Waals surface area contributed by atoms with Crippen LogP contribution in [0.15, 0.2) is 28.9 Å². The third kappa shape index (κ3) is 4.48.